The molecule has 0 bridgehead atoms. The van der Waals surface area contributed by atoms with E-state index >= 15 is 0 Å². The van der Waals surface area contributed by atoms with Gasteiger partial charge in [-0.05, 0) is 64.7 Å². The van der Waals surface area contributed by atoms with Crippen LogP contribution in [0.3, 0.4) is 0 Å². The van der Waals surface area contributed by atoms with E-state index in [1.807, 2.05) is 0 Å². The number of aliphatic imine (C=N–C) groups is 1. The summed E-state index contributed by atoms with van der Waals surface area (Å²) >= 11 is 0. The molecule has 1 fully saturated rings. The molecule has 0 saturated carbocycles. The van der Waals surface area contributed by atoms with Crippen LogP contribution in [0, 0.1) is 5.92 Å². The molecular weight excluding hydrogens is 487 g/mol. The fraction of sp³-hybridized carbons (Fsp3) is 0.708. The number of ether oxygens (including phenoxy) is 1. The third-order valence-corrected chi connectivity index (χ3v) is 5.79. The van der Waals surface area contributed by atoms with Crippen LogP contribution in [0.15, 0.2) is 35.3 Å². The maximum absolute atomic E-state index is 6.13. The number of hydrogen-bond donors (Lipinski definition) is 2. The predicted octanol–water partition coefficient (Wildman–Crippen LogP) is 4.84. The summed E-state index contributed by atoms with van der Waals surface area (Å²) in [5.41, 5.74) is 1.27. The second kappa shape index (κ2) is 15.9. The average molecular weight is 531 g/mol. The lowest BCUT2D eigenvalue weighted by Gasteiger charge is -2.31. The smallest absolute Gasteiger partial charge is 0.191 e. The van der Waals surface area contributed by atoms with Gasteiger partial charge in [-0.1, -0.05) is 44.2 Å². The van der Waals surface area contributed by atoms with E-state index in [-0.39, 0.29) is 30.1 Å². The molecule has 1 aromatic carbocycles. The van der Waals surface area contributed by atoms with Crippen LogP contribution >= 0.6 is 24.0 Å². The molecule has 0 aliphatic carbocycles. The van der Waals surface area contributed by atoms with E-state index in [1.165, 1.54) is 24.9 Å². The minimum absolute atomic E-state index is 0. The molecule has 1 aromatic rings. The molecule has 2 N–H and O–H groups in total. The first-order valence-electron chi connectivity index (χ1n) is 11.6. The standard InChI is InChI=1S/C24H42N4O.HI/c1-5-25-24(27-20(4)13-11-17-28(6-2)7-3)26-19-22-16-12-18-29-23(22)21-14-9-8-10-15-21;/h8-10,14-15,20,22-23H,5-7,11-13,16-19H2,1-4H3,(H2,25,26,27);1H. The lowest BCUT2D eigenvalue weighted by molar-refractivity contribution is -0.0250. The van der Waals surface area contributed by atoms with Crippen LogP contribution in [-0.2, 0) is 4.74 Å². The summed E-state index contributed by atoms with van der Waals surface area (Å²) in [6.07, 6.45) is 4.81. The Morgan fingerprint density at radius 2 is 1.93 bits per heavy atom. The molecule has 1 heterocycles. The molecule has 172 valence electrons. The molecule has 2 rings (SSSR count). The van der Waals surface area contributed by atoms with Gasteiger partial charge in [0.1, 0.15) is 0 Å². The molecule has 1 saturated heterocycles. The van der Waals surface area contributed by atoms with Crippen molar-refractivity contribution in [3.8, 4) is 0 Å². The Kier molecular flexibility index (Phi) is 14.4. The van der Waals surface area contributed by atoms with E-state index in [0.717, 1.165) is 51.6 Å². The Bertz CT molecular complexity index is 580. The zero-order chi connectivity index (χ0) is 20.9. The molecular formula is C24H43IN4O. The normalized spacial score (nSPS) is 20.5. The predicted molar refractivity (Wildman–Crippen MR) is 139 cm³/mol. The highest BCUT2D eigenvalue weighted by molar-refractivity contribution is 14.0. The van der Waals surface area contributed by atoms with Gasteiger partial charge >= 0.3 is 0 Å². The number of nitrogens with one attached hydrogen (secondary N) is 2. The van der Waals surface area contributed by atoms with E-state index in [4.69, 9.17) is 9.73 Å². The van der Waals surface area contributed by atoms with E-state index < -0.39 is 0 Å². The maximum atomic E-state index is 6.13. The summed E-state index contributed by atoms with van der Waals surface area (Å²) in [6, 6.07) is 11.0. The second-order valence-electron chi connectivity index (χ2n) is 8.04. The molecule has 5 nitrogen and oxygen atoms in total. The Morgan fingerprint density at radius 3 is 2.60 bits per heavy atom. The number of guanidine groups is 1. The molecule has 0 spiro atoms. The summed E-state index contributed by atoms with van der Waals surface area (Å²) < 4.78 is 6.13. The van der Waals surface area contributed by atoms with Crippen molar-refractivity contribution in [3.63, 3.8) is 0 Å². The van der Waals surface area contributed by atoms with Gasteiger partial charge in [0.15, 0.2) is 5.96 Å². The van der Waals surface area contributed by atoms with Crippen molar-refractivity contribution < 1.29 is 4.74 Å². The fourth-order valence-corrected chi connectivity index (χ4v) is 4.04. The Balaban J connectivity index is 0.00000450. The minimum atomic E-state index is 0. The van der Waals surface area contributed by atoms with Crippen molar-refractivity contribution >= 4 is 29.9 Å². The second-order valence-corrected chi connectivity index (χ2v) is 8.04. The Labute approximate surface area is 201 Å². The summed E-state index contributed by atoms with van der Waals surface area (Å²) in [7, 11) is 0. The first-order valence-corrected chi connectivity index (χ1v) is 11.6. The molecule has 1 aliphatic rings. The van der Waals surface area contributed by atoms with Gasteiger partial charge in [-0.25, -0.2) is 0 Å². The summed E-state index contributed by atoms with van der Waals surface area (Å²) in [5, 5.41) is 7.02. The lowest BCUT2D eigenvalue weighted by atomic mass is 9.89. The summed E-state index contributed by atoms with van der Waals surface area (Å²) in [4.78, 5) is 7.42. The molecule has 3 unspecified atom stereocenters. The average Bonchev–Trinajstić information content (AvgIpc) is 2.76. The number of hydrogen-bond acceptors (Lipinski definition) is 3. The summed E-state index contributed by atoms with van der Waals surface area (Å²) in [5.74, 6) is 1.36. The summed E-state index contributed by atoms with van der Waals surface area (Å²) in [6.45, 7) is 14.8. The van der Waals surface area contributed by atoms with E-state index in [0.29, 0.717) is 12.0 Å². The van der Waals surface area contributed by atoms with Crippen LogP contribution in [0.4, 0.5) is 0 Å². The monoisotopic (exact) mass is 530 g/mol. The highest BCUT2D eigenvalue weighted by Crippen LogP contribution is 2.33. The Hall–Kier alpha value is -0.860. The van der Waals surface area contributed by atoms with E-state index in [2.05, 4.69) is 73.6 Å². The van der Waals surface area contributed by atoms with Crippen molar-refractivity contribution in [1.82, 2.24) is 15.5 Å². The van der Waals surface area contributed by atoms with Gasteiger partial charge in [0.2, 0.25) is 0 Å². The van der Waals surface area contributed by atoms with E-state index in [1.54, 1.807) is 0 Å². The molecule has 0 amide bonds. The van der Waals surface area contributed by atoms with Crippen LogP contribution in [0.1, 0.15) is 65.0 Å². The Morgan fingerprint density at radius 1 is 1.20 bits per heavy atom. The molecule has 6 heteroatoms. The third kappa shape index (κ3) is 9.52. The van der Waals surface area contributed by atoms with Gasteiger partial charge in [0, 0.05) is 31.7 Å². The van der Waals surface area contributed by atoms with Crippen LogP contribution in [0.25, 0.3) is 0 Å². The minimum Gasteiger partial charge on any atom is -0.373 e. The van der Waals surface area contributed by atoms with Crippen LogP contribution in [0.5, 0.6) is 0 Å². The van der Waals surface area contributed by atoms with Crippen molar-refractivity contribution in [3.05, 3.63) is 35.9 Å². The van der Waals surface area contributed by atoms with Crippen LogP contribution in [-0.4, -0.2) is 56.2 Å². The first kappa shape index (κ1) is 27.2. The lowest BCUT2D eigenvalue weighted by Crippen LogP contribution is -2.43. The van der Waals surface area contributed by atoms with Crippen molar-refractivity contribution in [2.24, 2.45) is 10.9 Å². The number of rotatable bonds is 11. The molecule has 3 atom stereocenters. The van der Waals surface area contributed by atoms with Gasteiger partial charge < -0.3 is 20.3 Å². The van der Waals surface area contributed by atoms with Gasteiger partial charge in [-0.2, -0.15) is 0 Å². The van der Waals surface area contributed by atoms with E-state index in [9.17, 15) is 0 Å². The van der Waals surface area contributed by atoms with Crippen molar-refractivity contribution in [2.75, 3.05) is 39.3 Å². The zero-order valence-corrected chi connectivity index (χ0v) is 21.7. The number of benzene rings is 1. The molecule has 30 heavy (non-hydrogen) atoms. The quantitative estimate of drug-likeness (QED) is 0.244. The number of nitrogens with zero attached hydrogens (tertiary/aromatic N) is 2. The molecule has 0 aromatic heterocycles. The largest absolute Gasteiger partial charge is 0.373 e. The maximum Gasteiger partial charge on any atom is 0.191 e. The van der Waals surface area contributed by atoms with Crippen molar-refractivity contribution in [1.29, 1.82) is 0 Å². The third-order valence-electron chi connectivity index (χ3n) is 5.79. The molecule has 1 aliphatic heterocycles. The SMILES string of the molecule is CCNC(=NCC1CCCOC1c1ccccc1)NC(C)CCCN(CC)CC.I. The van der Waals surface area contributed by atoms with Gasteiger partial charge in [0.25, 0.3) is 0 Å². The topological polar surface area (TPSA) is 48.9 Å². The van der Waals surface area contributed by atoms with Crippen LogP contribution in [0.2, 0.25) is 0 Å². The zero-order valence-electron chi connectivity index (χ0n) is 19.4. The van der Waals surface area contributed by atoms with Gasteiger partial charge in [0.05, 0.1) is 6.10 Å². The highest BCUT2D eigenvalue weighted by Gasteiger charge is 2.27. The van der Waals surface area contributed by atoms with Crippen molar-refractivity contribution in [2.45, 2.75) is 65.5 Å². The number of halogens is 1. The van der Waals surface area contributed by atoms with Gasteiger partial charge in [-0.15, -0.1) is 24.0 Å². The fourth-order valence-electron chi connectivity index (χ4n) is 4.04. The molecule has 0 radical (unpaired) electrons. The highest BCUT2D eigenvalue weighted by atomic mass is 127. The first-order chi connectivity index (χ1) is 14.2. The van der Waals surface area contributed by atoms with Gasteiger partial charge in [-0.3, -0.25) is 4.99 Å². The van der Waals surface area contributed by atoms with Crippen LogP contribution < -0.4 is 10.6 Å².